The van der Waals surface area contributed by atoms with Crippen molar-refractivity contribution < 1.29 is 4.42 Å². The topological polar surface area (TPSA) is 13.1 Å². The molecule has 12 rings (SSSR count). The quantitative estimate of drug-likeness (QED) is 0.180. The largest absolute Gasteiger partial charge is 0.455 e. The number of fused-ring (bicyclic) bond motifs is 17. The Morgan fingerprint density at radius 2 is 0.942 bits per heavy atom. The second-order valence-corrected chi connectivity index (χ2v) is 14.3. The third-order valence-corrected chi connectivity index (χ3v) is 11.8. The van der Waals surface area contributed by atoms with Gasteiger partial charge in [0.1, 0.15) is 11.2 Å². The van der Waals surface area contributed by atoms with Crippen LogP contribution in [0.2, 0.25) is 0 Å². The van der Waals surface area contributed by atoms with Gasteiger partial charge in [-0.2, -0.15) is 0 Å². The van der Waals surface area contributed by atoms with Crippen LogP contribution in [0.25, 0.3) is 88.0 Å². The van der Waals surface area contributed by atoms with E-state index in [1.807, 2.05) is 0 Å². The molecule has 0 radical (unpaired) electrons. The van der Waals surface area contributed by atoms with Gasteiger partial charge >= 0.3 is 0 Å². The fourth-order valence-corrected chi connectivity index (χ4v) is 9.78. The molecule has 1 heterocycles. The number of benzene rings is 9. The highest BCUT2D eigenvalue weighted by Crippen LogP contribution is 2.66. The van der Waals surface area contributed by atoms with E-state index in [1.165, 1.54) is 82.6 Å². The number of hydrogen-bond acceptors (Lipinski definition) is 1. The summed E-state index contributed by atoms with van der Waals surface area (Å²) in [6.45, 7) is 0. The van der Waals surface area contributed by atoms with Crippen LogP contribution in [0.15, 0.2) is 186 Å². The summed E-state index contributed by atoms with van der Waals surface area (Å²) in [5.41, 5.74) is 16.6. The summed E-state index contributed by atoms with van der Waals surface area (Å²) < 4.78 is 6.91. The summed E-state index contributed by atoms with van der Waals surface area (Å²) >= 11 is 0. The Morgan fingerprint density at radius 1 is 0.346 bits per heavy atom. The minimum atomic E-state index is -0.538. The van der Waals surface area contributed by atoms with Crippen LogP contribution in [0.5, 0.6) is 0 Å². The molecule has 1 nitrogen and oxygen atoms in total. The zero-order valence-electron chi connectivity index (χ0n) is 28.2. The molecule has 0 fully saturated rings. The molecule has 2 aliphatic rings. The van der Waals surface area contributed by atoms with Gasteiger partial charge in [0.2, 0.25) is 0 Å². The van der Waals surface area contributed by atoms with Gasteiger partial charge in [0.15, 0.2) is 0 Å². The molecule has 2 aliphatic carbocycles. The molecular formula is C51H30O. The van der Waals surface area contributed by atoms with Crippen LogP contribution >= 0.6 is 0 Å². The van der Waals surface area contributed by atoms with Crippen molar-refractivity contribution in [1.29, 1.82) is 0 Å². The number of rotatable bonds is 2. The number of hydrogen-bond donors (Lipinski definition) is 0. The SMILES string of the molecule is c1ccc(-c2cc3c(c4c2oc2ccccc24)-c2c(cc(-c4ccc5ccccc5c4)c4ccccc24)C32c3ccccc3-c3ccccc32)cc1. The first-order valence-corrected chi connectivity index (χ1v) is 18.1. The molecule has 1 spiro atoms. The number of para-hydroxylation sites is 1. The van der Waals surface area contributed by atoms with Gasteiger partial charge in [0, 0.05) is 16.3 Å². The highest BCUT2D eigenvalue weighted by molar-refractivity contribution is 6.23. The minimum absolute atomic E-state index is 0.538. The van der Waals surface area contributed by atoms with Crippen LogP contribution in [0.3, 0.4) is 0 Å². The molecule has 9 aromatic carbocycles. The zero-order valence-corrected chi connectivity index (χ0v) is 28.2. The normalized spacial score (nSPS) is 13.5. The smallest absolute Gasteiger partial charge is 0.143 e. The van der Waals surface area contributed by atoms with Crippen molar-refractivity contribution >= 4 is 43.5 Å². The lowest BCUT2D eigenvalue weighted by Gasteiger charge is -2.31. The van der Waals surface area contributed by atoms with E-state index in [9.17, 15) is 0 Å². The molecular weight excluding hydrogens is 629 g/mol. The van der Waals surface area contributed by atoms with E-state index in [1.54, 1.807) is 0 Å². The van der Waals surface area contributed by atoms with E-state index in [0.29, 0.717) is 0 Å². The van der Waals surface area contributed by atoms with Gasteiger partial charge in [-0.1, -0.05) is 158 Å². The Morgan fingerprint density at radius 3 is 1.73 bits per heavy atom. The molecule has 0 amide bonds. The van der Waals surface area contributed by atoms with E-state index in [-0.39, 0.29) is 0 Å². The Bertz CT molecular complexity index is 3080. The average molecular weight is 659 g/mol. The molecule has 0 aliphatic heterocycles. The molecule has 0 unspecified atom stereocenters. The Hall–Kier alpha value is -6.70. The highest BCUT2D eigenvalue weighted by Gasteiger charge is 2.53. The zero-order chi connectivity index (χ0) is 34.0. The van der Waals surface area contributed by atoms with Crippen LogP contribution in [0.4, 0.5) is 0 Å². The van der Waals surface area contributed by atoms with Gasteiger partial charge in [-0.05, 0) is 107 Å². The van der Waals surface area contributed by atoms with Gasteiger partial charge in [-0.25, -0.2) is 0 Å². The van der Waals surface area contributed by atoms with Crippen molar-refractivity contribution in [3.8, 4) is 44.5 Å². The van der Waals surface area contributed by atoms with Crippen LogP contribution in [-0.4, -0.2) is 0 Å². The van der Waals surface area contributed by atoms with Crippen LogP contribution in [-0.2, 0) is 5.41 Å². The summed E-state index contributed by atoms with van der Waals surface area (Å²) in [7, 11) is 0. The molecule has 240 valence electrons. The molecule has 52 heavy (non-hydrogen) atoms. The van der Waals surface area contributed by atoms with Crippen molar-refractivity contribution in [2.24, 2.45) is 0 Å². The van der Waals surface area contributed by atoms with Crippen LogP contribution in [0.1, 0.15) is 22.3 Å². The van der Waals surface area contributed by atoms with E-state index >= 15 is 0 Å². The molecule has 0 atom stereocenters. The van der Waals surface area contributed by atoms with Gasteiger partial charge in [-0.15, -0.1) is 0 Å². The van der Waals surface area contributed by atoms with E-state index < -0.39 is 5.41 Å². The van der Waals surface area contributed by atoms with E-state index in [0.717, 1.165) is 27.7 Å². The Balaban J connectivity index is 1.33. The van der Waals surface area contributed by atoms with E-state index in [4.69, 9.17) is 4.42 Å². The lowest BCUT2D eigenvalue weighted by atomic mass is 9.69. The third kappa shape index (κ3) is 3.48. The van der Waals surface area contributed by atoms with Crippen molar-refractivity contribution in [1.82, 2.24) is 0 Å². The number of furan rings is 1. The highest BCUT2D eigenvalue weighted by atomic mass is 16.3. The maximum atomic E-state index is 6.91. The summed E-state index contributed by atoms with van der Waals surface area (Å²) in [4.78, 5) is 0. The van der Waals surface area contributed by atoms with Gasteiger partial charge in [0.25, 0.3) is 0 Å². The first-order valence-electron chi connectivity index (χ1n) is 18.1. The maximum Gasteiger partial charge on any atom is 0.143 e. The van der Waals surface area contributed by atoms with Gasteiger partial charge in [-0.3, -0.25) is 0 Å². The monoisotopic (exact) mass is 658 g/mol. The van der Waals surface area contributed by atoms with Crippen molar-refractivity contribution in [3.63, 3.8) is 0 Å². The second-order valence-electron chi connectivity index (χ2n) is 14.3. The Kier molecular flexibility index (Phi) is 5.49. The maximum absolute atomic E-state index is 6.91. The average Bonchev–Trinajstić information content (AvgIpc) is 3.84. The summed E-state index contributed by atoms with van der Waals surface area (Å²) in [6.07, 6.45) is 0. The molecule has 0 saturated carbocycles. The fraction of sp³-hybridized carbons (Fsp3) is 0.0196. The summed E-state index contributed by atoms with van der Waals surface area (Å²) in [6, 6.07) is 67.2. The summed E-state index contributed by atoms with van der Waals surface area (Å²) in [5.74, 6) is 0. The first kappa shape index (κ1) is 28.0. The Labute approximate surface area is 301 Å². The van der Waals surface area contributed by atoms with E-state index in [2.05, 4.69) is 182 Å². The predicted molar refractivity (Wildman–Crippen MR) is 216 cm³/mol. The molecule has 0 saturated heterocycles. The minimum Gasteiger partial charge on any atom is -0.455 e. The first-order chi connectivity index (χ1) is 25.8. The lowest BCUT2D eigenvalue weighted by Crippen LogP contribution is -2.26. The van der Waals surface area contributed by atoms with Crippen LogP contribution < -0.4 is 0 Å². The fourth-order valence-electron chi connectivity index (χ4n) is 9.78. The van der Waals surface area contributed by atoms with Crippen molar-refractivity contribution in [2.45, 2.75) is 5.41 Å². The van der Waals surface area contributed by atoms with Crippen molar-refractivity contribution in [2.75, 3.05) is 0 Å². The van der Waals surface area contributed by atoms with Crippen LogP contribution in [0, 0.1) is 0 Å². The molecule has 0 bridgehead atoms. The lowest BCUT2D eigenvalue weighted by molar-refractivity contribution is 0.669. The summed E-state index contributed by atoms with van der Waals surface area (Å²) in [5, 5.41) is 7.36. The standard InChI is InChI=1S/C51H30O/c1-2-15-32(16-3-1)41-30-45-49(48-39-22-10-13-25-46(39)52-50(41)48)47-38-21-7-6-18-35(38)40(34-27-26-31-14-4-5-17-33(31)28-34)29-44(47)51(45)42-23-11-8-19-36(42)37-20-9-12-24-43(37)51/h1-30H. The molecule has 1 heteroatoms. The van der Waals surface area contributed by atoms with Gasteiger partial charge < -0.3 is 4.42 Å². The third-order valence-electron chi connectivity index (χ3n) is 11.8. The van der Waals surface area contributed by atoms with Gasteiger partial charge in [0.05, 0.1) is 5.41 Å². The molecule has 1 aromatic heterocycles. The second kappa shape index (κ2) is 10.2. The molecule has 10 aromatic rings. The van der Waals surface area contributed by atoms with Crippen molar-refractivity contribution in [3.05, 3.63) is 204 Å². The predicted octanol–water partition coefficient (Wildman–Crippen LogP) is 13.6. The molecule has 0 N–H and O–H groups in total.